The van der Waals surface area contributed by atoms with Gasteiger partial charge in [0.1, 0.15) is 11.9 Å². The summed E-state index contributed by atoms with van der Waals surface area (Å²) in [6, 6.07) is 16.5. The summed E-state index contributed by atoms with van der Waals surface area (Å²) in [5.41, 5.74) is 3.33. The van der Waals surface area contributed by atoms with Crippen LogP contribution in [0.1, 0.15) is 50.0 Å². The van der Waals surface area contributed by atoms with Gasteiger partial charge in [0.25, 0.3) is 0 Å². The van der Waals surface area contributed by atoms with Crippen molar-refractivity contribution in [2.75, 3.05) is 18.9 Å². The number of halogens is 3. The highest BCUT2D eigenvalue weighted by molar-refractivity contribution is 5.96. The van der Waals surface area contributed by atoms with Gasteiger partial charge in [0, 0.05) is 12.7 Å². The van der Waals surface area contributed by atoms with Gasteiger partial charge in [-0.2, -0.15) is 0 Å². The Morgan fingerprint density at radius 3 is 2.27 bits per heavy atom. The van der Waals surface area contributed by atoms with Crippen molar-refractivity contribution in [3.8, 4) is 5.75 Å². The molecule has 1 fully saturated rings. The minimum absolute atomic E-state index is 0.0372. The number of ether oxygens (including phenoxy) is 1. The Balaban J connectivity index is 1.54. The molecule has 2 amide bonds. The smallest absolute Gasteiger partial charge is 0.406 e. The van der Waals surface area contributed by atoms with E-state index in [0.717, 1.165) is 16.7 Å². The van der Waals surface area contributed by atoms with E-state index in [-0.39, 0.29) is 29.4 Å². The van der Waals surface area contributed by atoms with Crippen LogP contribution in [0.15, 0.2) is 73.1 Å². The average molecular weight is 555 g/mol. The van der Waals surface area contributed by atoms with E-state index < -0.39 is 18.6 Å². The van der Waals surface area contributed by atoms with Gasteiger partial charge in [-0.3, -0.25) is 19.5 Å². The highest BCUT2D eigenvalue weighted by Crippen LogP contribution is 2.36. The fourth-order valence-corrected chi connectivity index (χ4v) is 4.84. The van der Waals surface area contributed by atoms with Gasteiger partial charge >= 0.3 is 6.36 Å². The molecule has 3 aromatic rings. The summed E-state index contributed by atoms with van der Waals surface area (Å²) in [5, 5.41) is 2.79. The number of carbonyl (C=O) groups excluding carboxylic acids is 2. The number of anilines is 1. The molecule has 0 radical (unpaired) electrons. The first kappa shape index (κ1) is 29.1. The number of nitrogens with zero attached hydrogens (tertiary/aromatic N) is 3. The van der Waals surface area contributed by atoms with Crippen molar-refractivity contribution >= 4 is 17.5 Å². The quantitative estimate of drug-likeness (QED) is 0.387. The Hall–Kier alpha value is -3.92. The second kappa shape index (κ2) is 11.7. The number of likely N-dealkylation sites (N-methyl/N-ethyl adjacent to an activating group) is 1. The lowest BCUT2D eigenvalue weighted by molar-refractivity contribution is -0.274. The van der Waals surface area contributed by atoms with Crippen molar-refractivity contribution in [2.24, 2.45) is 0 Å². The third-order valence-corrected chi connectivity index (χ3v) is 6.94. The van der Waals surface area contributed by atoms with Crippen molar-refractivity contribution in [3.63, 3.8) is 0 Å². The number of hydrogen-bond acceptors (Lipinski definition) is 5. The molecule has 0 spiro atoms. The molecule has 10 heteroatoms. The molecule has 0 aliphatic carbocycles. The standard InChI is InChI=1S/C30H33F3N4O3/c1-29(2,3)22-11-9-21(10-12-22)27-36(4)25(18-26(38)35-23-6-5-16-34-19-23)28(39)37(27)17-15-20-7-13-24(14-8-20)40-30(31,32)33/h5-14,16,19,25,27H,15,17-18H2,1-4H3,(H,35,38)/t25-,27+/m0/s1. The lowest BCUT2D eigenvalue weighted by atomic mass is 9.86. The van der Waals surface area contributed by atoms with E-state index in [1.165, 1.54) is 18.3 Å². The van der Waals surface area contributed by atoms with E-state index in [1.54, 1.807) is 35.4 Å². The van der Waals surface area contributed by atoms with E-state index in [4.69, 9.17) is 0 Å². The van der Waals surface area contributed by atoms with Crippen LogP contribution in [0.2, 0.25) is 0 Å². The molecule has 4 rings (SSSR count). The molecule has 1 N–H and O–H groups in total. The van der Waals surface area contributed by atoms with Crippen LogP contribution in [0, 0.1) is 0 Å². The summed E-state index contributed by atoms with van der Waals surface area (Å²) in [6.45, 7) is 6.69. The number of benzene rings is 2. The number of alkyl halides is 3. The van der Waals surface area contributed by atoms with Crippen LogP contribution in [0.25, 0.3) is 0 Å². The Kier molecular flexibility index (Phi) is 8.48. The van der Waals surface area contributed by atoms with Crippen LogP contribution < -0.4 is 10.1 Å². The molecule has 2 atom stereocenters. The first-order chi connectivity index (χ1) is 18.8. The predicted octanol–water partition coefficient (Wildman–Crippen LogP) is 5.69. The minimum atomic E-state index is -4.76. The van der Waals surface area contributed by atoms with Gasteiger partial charge < -0.3 is 15.0 Å². The van der Waals surface area contributed by atoms with Gasteiger partial charge in [0.2, 0.25) is 11.8 Å². The van der Waals surface area contributed by atoms with Gasteiger partial charge in [0.15, 0.2) is 0 Å². The van der Waals surface area contributed by atoms with E-state index in [1.807, 2.05) is 36.2 Å². The number of rotatable bonds is 8. The maximum absolute atomic E-state index is 13.7. The molecule has 1 saturated heterocycles. The number of carbonyl (C=O) groups is 2. The van der Waals surface area contributed by atoms with Crippen molar-refractivity contribution in [1.82, 2.24) is 14.8 Å². The number of amides is 2. The monoisotopic (exact) mass is 554 g/mol. The van der Waals surface area contributed by atoms with Gasteiger partial charge in [-0.05, 0) is 59.8 Å². The van der Waals surface area contributed by atoms with Crippen molar-refractivity contribution in [2.45, 2.75) is 57.6 Å². The fourth-order valence-electron chi connectivity index (χ4n) is 4.84. The molecule has 1 aliphatic rings. The van der Waals surface area contributed by atoms with Crippen molar-refractivity contribution in [3.05, 3.63) is 89.7 Å². The second-order valence-electron chi connectivity index (χ2n) is 10.9. The molecule has 40 heavy (non-hydrogen) atoms. The maximum atomic E-state index is 13.7. The molecule has 0 bridgehead atoms. The minimum Gasteiger partial charge on any atom is -0.406 e. The number of aromatic nitrogens is 1. The Morgan fingerprint density at radius 2 is 1.70 bits per heavy atom. The van der Waals surface area contributed by atoms with Crippen LogP contribution in [0.3, 0.4) is 0 Å². The van der Waals surface area contributed by atoms with E-state index in [9.17, 15) is 22.8 Å². The highest BCUT2D eigenvalue weighted by atomic mass is 19.4. The van der Waals surface area contributed by atoms with Gasteiger partial charge in [-0.25, -0.2) is 0 Å². The summed E-state index contributed by atoms with van der Waals surface area (Å²) in [5.74, 6) is -0.794. The normalized spacial score (nSPS) is 18.2. The lowest BCUT2D eigenvalue weighted by Gasteiger charge is -2.30. The Morgan fingerprint density at radius 1 is 1.02 bits per heavy atom. The summed E-state index contributed by atoms with van der Waals surface area (Å²) in [4.78, 5) is 34.2. The molecular formula is C30H33F3N4O3. The fraction of sp³-hybridized carbons (Fsp3) is 0.367. The molecule has 212 valence electrons. The molecule has 2 heterocycles. The molecule has 0 unspecified atom stereocenters. The van der Waals surface area contributed by atoms with Crippen molar-refractivity contribution in [1.29, 1.82) is 0 Å². The summed E-state index contributed by atoms with van der Waals surface area (Å²) in [6.07, 6.45) is -1.66. The average Bonchev–Trinajstić information content (AvgIpc) is 3.11. The van der Waals surface area contributed by atoms with Crippen LogP contribution in [0.5, 0.6) is 5.75 Å². The summed E-state index contributed by atoms with van der Waals surface area (Å²) < 4.78 is 41.5. The third kappa shape index (κ3) is 7.18. The second-order valence-corrected chi connectivity index (χ2v) is 10.9. The van der Waals surface area contributed by atoms with Crippen LogP contribution in [-0.4, -0.2) is 52.6 Å². The van der Waals surface area contributed by atoms with Gasteiger partial charge in [0.05, 0.1) is 24.3 Å². The first-order valence-corrected chi connectivity index (χ1v) is 13.0. The molecule has 1 aliphatic heterocycles. The molecule has 0 saturated carbocycles. The van der Waals surface area contributed by atoms with Crippen LogP contribution in [-0.2, 0) is 21.4 Å². The Labute approximate surface area is 232 Å². The summed E-state index contributed by atoms with van der Waals surface area (Å²) >= 11 is 0. The van der Waals surface area contributed by atoms with Gasteiger partial charge in [-0.1, -0.05) is 57.2 Å². The molecule has 7 nitrogen and oxygen atoms in total. The predicted molar refractivity (Wildman–Crippen MR) is 145 cm³/mol. The number of nitrogens with one attached hydrogen (secondary N) is 1. The van der Waals surface area contributed by atoms with E-state index >= 15 is 0 Å². The van der Waals surface area contributed by atoms with Gasteiger partial charge in [-0.15, -0.1) is 13.2 Å². The first-order valence-electron chi connectivity index (χ1n) is 13.0. The zero-order valence-electron chi connectivity index (χ0n) is 22.9. The number of pyridine rings is 1. The van der Waals surface area contributed by atoms with Crippen LogP contribution in [0.4, 0.5) is 18.9 Å². The van der Waals surface area contributed by atoms with Crippen LogP contribution >= 0.6 is 0 Å². The largest absolute Gasteiger partial charge is 0.573 e. The summed E-state index contributed by atoms with van der Waals surface area (Å²) in [7, 11) is 1.82. The molecule has 1 aromatic heterocycles. The zero-order valence-corrected chi connectivity index (χ0v) is 22.9. The zero-order chi connectivity index (χ0) is 29.1. The SMILES string of the molecule is CN1[C@@H](CC(=O)Nc2cccnc2)C(=O)N(CCc2ccc(OC(F)(F)F)cc2)[C@@H]1c1ccc(C(C)(C)C)cc1. The lowest BCUT2D eigenvalue weighted by Crippen LogP contribution is -2.35. The third-order valence-electron chi connectivity index (χ3n) is 6.94. The topological polar surface area (TPSA) is 74.8 Å². The molecule has 2 aromatic carbocycles. The highest BCUT2D eigenvalue weighted by Gasteiger charge is 2.45. The van der Waals surface area contributed by atoms with Crippen molar-refractivity contribution < 1.29 is 27.5 Å². The maximum Gasteiger partial charge on any atom is 0.573 e. The number of hydrogen-bond donors (Lipinski definition) is 1. The molecular weight excluding hydrogens is 521 g/mol. The van der Waals surface area contributed by atoms with E-state index in [0.29, 0.717) is 18.7 Å². The van der Waals surface area contributed by atoms with E-state index in [2.05, 4.69) is 35.8 Å². The Bertz CT molecular complexity index is 1310.